The second-order valence-corrected chi connectivity index (χ2v) is 4.18. The van der Waals surface area contributed by atoms with E-state index in [1.807, 2.05) is 0 Å². The van der Waals surface area contributed by atoms with E-state index in [1.54, 1.807) is 19.1 Å². The summed E-state index contributed by atoms with van der Waals surface area (Å²) in [6.45, 7) is 1.97. The number of ether oxygens (including phenoxy) is 1. The van der Waals surface area contributed by atoms with Crippen LogP contribution in [0.5, 0.6) is 0 Å². The molecule has 2 aromatic heterocycles. The first-order valence-corrected chi connectivity index (χ1v) is 6.30. The lowest BCUT2D eigenvalue weighted by molar-refractivity contribution is 0.0526. The summed E-state index contributed by atoms with van der Waals surface area (Å²) in [5, 5.41) is 11.5. The third kappa shape index (κ3) is 3.32. The van der Waals surface area contributed by atoms with Crippen molar-refractivity contribution in [2.75, 3.05) is 11.9 Å². The summed E-state index contributed by atoms with van der Waals surface area (Å²) in [6.07, 6.45) is 1.50. The molecule has 0 aliphatic rings. The molecule has 19 heavy (non-hydrogen) atoms. The molecule has 0 saturated heterocycles. The second-order valence-electron chi connectivity index (χ2n) is 3.32. The van der Waals surface area contributed by atoms with E-state index in [-0.39, 0.29) is 17.3 Å². The van der Waals surface area contributed by atoms with Gasteiger partial charge in [-0.1, -0.05) is 0 Å². The van der Waals surface area contributed by atoms with Crippen LogP contribution in [-0.2, 0) is 4.74 Å². The standard InChI is InChI=1S/C11H10N4O3S/c1-2-18-11(17)10-13-7(6-19-10)9(16)14-8-4-3-5-12-15-8/h3-6H,2H2,1H3,(H,14,15,16). The van der Waals surface area contributed by atoms with E-state index in [1.165, 1.54) is 11.6 Å². The molecule has 0 spiro atoms. The van der Waals surface area contributed by atoms with E-state index in [0.717, 1.165) is 11.3 Å². The van der Waals surface area contributed by atoms with Crippen LogP contribution in [0.4, 0.5) is 5.82 Å². The Kier molecular flexibility index (Phi) is 4.14. The van der Waals surface area contributed by atoms with Gasteiger partial charge in [-0.3, -0.25) is 4.79 Å². The van der Waals surface area contributed by atoms with Crippen LogP contribution < -0.4 is 5.32 Å². The molecular formula is C11H10N4O3S. The molecule has 2 aromatic rings. The monoisotopic (exact) mass is 278 g/mol. The van der Waals surface area contributed by atoms with Crippen LogP contribution in [0.2, 0.25) is 0 Å². The minimum Gasteiger partial charge on any atom is -0.461 e. The first-order chi connectivity index (χ1) is 9.20. The molecule has 0 aromatic carbocycles. The van der Waals surface area contributed by atoms with Crippen LogP contribution in [0.15, 0.2) is 23.7 Å². The number of hydrogen-bond acceptors (Lipinski definition) is 7. The van der Waals surface area contributed by atoms with Gasteiger partial charge in [0.05, 0.1) is 6.61 Å². The highest BCUT2D eigenvalue weighted by molar-refractivity contribution is 7.11. The number of thiazole rings is 1. The number of hydrogen-bond donors (Lipinski definition) is 1. The molecule has 0 unspecified atom stereocenters. The average Bonchev–Trinajstić information content (AvgIpc) is 2.90. The van der Waals surface area contributed by atoms with E-state index in [4.69, 9.17) is 4.74 Å². The van der Waals surface area contributed by atoms with Crippen LogP contribution in [-0.4, -0.2) is 33.7 Å². The van der Waals surface area contributed by atoms with Crippen molar-refractivity contribution in [2.24, 2.45) is 0 Å². The maximum Gasteiger partial charge on any atom is 0.367 e. The molecule has 0 fully saturated rings. The van der Waals surface area contributed by atoms with Crippen molar-refractivity contribution in [3.63, 3.8) is 0 Å². The Hall–Kier alpha value is -2.35. The molecule has 2 rings (SSSR count). The van der Waals surface area contributed by atoms with Gasteiger partial charge >= 0.3 is 5.97 Å². The number of anilines is 1. The summed E-state index contributed by atoms with van der Waals surface area (Å²) in [5.74, 6) is -0.670. The Morgan fingerprint density at radius 3 is 3.00 bits per heavy atom. The topological polar surface area (TPSA) is 94.1 Å². The fourth-order valence-electron chi connectivity index (χ4n) is 1.21. The van der Waals surface area contributed by atoms with Crippen LogP contribution in [0.3, 0.4) is 0 Å². The molecule has 8 heteroatoms. The Balaban J connectivity index is 2.06. The second kappa shape index (κ2) is 6.01. The van der Waals surface area contributed by atoms with Gasteiger partial charge in [0.2, 0.25) is 5.01 Å². The molecule has 1 N–H and O–H groups in total. The van der Waals surface area contributed by atoms with Gasteiger partial charge in [0.15, 0.2) is 5.82 Å². The van der Waals surface area contributed by atoms with Crippen molar-refractivity contribution in [3.8, 4) is 0 Å². The minimum absolute atomic E-state index is 0.138. The highest BCUT2D eigenvalue weighted by Crippen LogP contribution is 2.12. The number of amides is 1. The lowest BCUT2D eigenvalue weighted by atomic mass is 10.4. The van der Waals surface area contributed by atoms with E-state index >= 15 is 0 Å². The Morgan fingerprint density at radius 2 is 2.32 bits per heavy atom. The maximum atomic E-state index is 11.8. The Bertz CT molecular complexity index is 585. The summed E-state index contributed by atoms with van der Waals surface area (Å²) in [6, 6.07) is 3.25. The van der Waals surface area contributed by atoms with Crippen molar-refractivity contribution >= 4 is 29.0 Å². The van der Waals surface area contributed by atoms with Gasteiger partial charge in [0, 0.05) is 11.6 Å². The van der Waals surface area contributed by atoms with Crippen LogP contribution in [0, 0.1) is 0 Å². The van der Waals surface area contributed by atoms with Crippen molar-refractivity contribution in [1.82, 2.24) is 15.2 Å². The highest BCUT2D eigenvalue weighted by atomic mass is 32.1. The first kappa shape index (κ1) is 13.1. The van der Waals surface area contributed by atoms with Gasteiger partial charge < -0.3 is 10.1 Å². The number of carbonyl (C=O) groups excluding carboxylic acids is 2. The fraction of sp³-hybridized carbons (Fsp3) is 0.182. The molecule has 0 saturated carbocycles. The van der Waals surface area contributed by atoms with Crippen molar-refractivity contribution in [3.05, 3.63) is 34.4 Å². The van der Waals surface area contributed by atoms with E-state index in [2.05, 4.69) is 20.5 Å². The van der Waals surface area contributed by atoms with Crippen molar-refractivity contribution in [2.45, 2.75) is 6.92 Å². The number of nitrogens with one attached hydrogen (secondary N) is 1. The van der Waals surface area contributed by atoms with Gasteiger partial charge in [-0.25, -0.2) is 9.78 Å². The van der Waals surface area contributed by atoms with Gasteiger partial charge in [-0.2, -0.15) is 5.10 Å². The SMILES string of the molecule is CCOC(=O)c1nc(C(=O)Nc2cccnn2)cs1. The largest absolute Gasteiger partial charge is 0.461 e. The maximum absolute atomic E-state index is 11.8. The number of carbonyl (C=O) groups is 2. The van der Waals surface area contributed by atoms with Crippen molar-refractivity contribution in [1.29, 1.82) is 0 Å². The predicted octanol–water partition coefficient (Wildman–Crippen LogP) is 1.36. The molecule has 0 aliphatic heterocycles. The summed E-state index contributed by atoms with van der Waals surface area (Å²) in [5.41, 5.74) is 0.138. The zero-order valence-electron chi connectivity index (χ0n) is 9.99. The summed E-state index contributed by atoms with van der Waals surface area (Å²) < 4.78 is 4.79. The molecule has 0 bridgehead atoms. The molecule has 2 heterocycles. The third-order valence-corrected chi connectivity index (χ3v) is 2.82. The molecule has 1 amide bonds. The number of rotatable bonds is 4. The molecule has 0 atom stereocenters. The molecule has 98 valence electrons. The molecule has 0 aliphatic carbocycles. The molecule has 7 nitrogen and oxygen atoms in total. The fourth-order valence-corrected chi connectivity index (χ4v) is 1.90. The number of aromatic nitrogens is 3. The lowest BCUT2D eigenvalue weighted by Crippen LogP contribution is -2.14. The van der Waals surface area contributed by atoms with E-state index in [0.29, 0.717) is 5.82 Å². The quantitative estimate of drug-likeness (QED) is 0.849. The zero-order chi connectivity index (χ0) is 13.7. The van der Waals surface area contributed by atoms with Gasteiger partial charge in [0.25, 0.3) is 5.91 Å². The summed E-state index contributed by atoms with van der Waals surface area (Å²) in [4.78, 5) is 27.1. The average molecular weight is 278 g/mol. The minimum atomic E-state index is -0.536. The van der Waals surface area contributed by atoms with Crippen molar-refractivity contribution < 1.29 is 14.3 Å². The van der Waals surface area contributed by atoms with Gasteiger partial charge in [0.1, 0.15) is 5.69 Å². The number of nitrogens with zero attached hydrogens (tertiary/aromatic N) is 3. The number of esters is 1. The first-order valence-electron chi connectivity index (χ1n) is 5.42. The van der Waals surface area contributed by atoms with Crippen LogP contribution in [0.25, 0.3) is 0 Å². The predicted molar refractivity (Wildman–Crippen MR) is 68.1 cm³/mol. The summed E-state index contributed by atoms with van der Waals surface area (Å²) >= 11 is 1.05. The molecule has 0 radical (unpaired) electrons. The summed E-state index contributed by atoms with van der Waals surface area (Å²) in [7, 11) is 0. The third-order valence-electron chi connectivity index (χ3n) is 2.00. The van der Waals surface area contributed by atoms with E-state index in [9.17, 15) is 9.59 Å². The Labute approximate surface area is 112 Å². The van der Waals surface area contributed by atoms with Gasteiger partial charge in [-0.15, -0.1) is 16.4 Å². The lowest BCUT2D eigenvalue weighted by Gasteiger charge is -1.99. The highest BCUT2D eigenvalue weighted by Gasteiger charge is 2.16. The molecular weight excluding hydrogens is 268 g/mol. The smallest absolute Gasteiger partial charge is 0.367 e. The van der Waals surface area contributed by atoms with E-state index < -0.39 is 11.9 Å². The van der Waals surface area contributed by atoms with Gasteiger partial charge in [-0.05, 0) is 19.1 Å². The Morgan fingerprint density at radius 1 is 1.47 bits per heavy atom. The van der Waals surface area contributed by atoms with Crippen LogP contribution in [0.1, 0.15) is 27.2 Å². The normalized spacial score (nSPS) is 9.95. The zero-order valence-corrected chi connectivity index (χ0v) is 10.8. The van der Waals surface area contributed by atoms with Crippen LogP contribution >= 0.6 is 11.3 Å².